The van der Waals surface area contributed by atoms with Crippen molar-refractivity contribution in [3.05, 3.63) is 53.6 Å². The summed E-state index contributed by atoms with van der Waals surface area (Å²) in [5, 5.41) is 6.19. The van der Waals surface area contributed by atoms with Crippen molar-refractivity contribution in [3.63, 3.8) is 0 Å². The van der Waals surface area contributed by atoms with Crippen molar-refractivity contribution < 1.29 is 19.1 Å². The average molecular weight is 412 g/mol. The maximum Gasteiger partial charge on any atom is 0.258 e. The van der Waals surface area contributed by atoms with E-state index in [-0.39, 0.29) is 30.6 Å². The number of ether oxygens (including phenoxy) is 2. The Bertz CT molecular complexity index is 915. The Kier molecular flexibility index (Phi) is 6.82. The lowest BCUT2D eigenvalue weighted by molar-refractivity contribution is -0.123. The summed E-state index contributed by atoms with van der Waals surface area (Å²) in [5.74, 6) is 0.793. The number of anilines is 1. The van der Waals surface area contributed by atoms with E-state index in [0.717, 1.165) is 17.7 Å². The largest absolute Gasteiger partial charge is 0.493 e. The molecule has 30 heavy (non-hydrogen) atoms. The highest BCUT2D eigenvalue weighted by Crippen LogP contribution is 2.38. The summed E-state index contributed by atoms with van der Waals surface area (Å²) in [6, 6.07) is 13.1. The van der Waals surface area contributed by atoms with Gasteiger partial charge in [0.2, 0.25) is 0 Å². The molecule has 0 bridgehead atoms. The van der Waals surface area contributed by atoms with Gasteiger partial charge in [0.1, 0.15) is 6.17 Å². The first-order valence-corrected chi connectivity index (χ1v) is 10.3. The minimum absolute atomic E-state index is 0.000713. The van der Waals surface area contributed by atoms with Gasteiger partial charge in [-0.3, -0.25) is 9.59 Å². The molecule has 160 valence electrons. The van der Waals surface area contributed by atoms with Crippen LogP contribution in [-0.2, 0) is 4.79 Å². The number of likely N-dealkylation sites (N-methyl/N-ethyl adjacent to an activating group) is 1. The summed E-state index contributed by atoms with van der Waals surface area (Å²) < 4.78 is 11.1. The minimum atomic E-state index is -0.339. The van der Waals surface area contributed by atoms with Crippen LogP contribution in [0.25, 0.3) is 0 Å². The van der Waals surface area contributed by atoms with Crippen molar-refractivity contribution in [2.24, 2.45) is 0 Å². The van der Waals surface area contributed by atoms with Crippen molar-refractivity contribution in [2.75, 3.05) is 25.6 Å². The standard InChI is InChI=1S/C23H29N3O4/c1-5-15(3)26-22(25-18-10-8-7-9-17(18)23(26)28)16-11-12-19(20(13-16)29-4)30-14-21(27)24-6-2/h7-13,15,22,25H,5-6,14H2,1-4H3,(H,24,27)/t15-,22-/m1/s1. The number of hydrogen-bond donors (Lipinski definition) is 2. The van der Waals surface area contributed by atoms with Crippen LogP contribution in [-0.4, -0.2) is 43.0 Å². The van der Waals surface area contributed by atoms with Crippen LogP contribution < -0.4 is 20.1 Å². The SMILES string of the molecule is CCNC(=O)COc1ccc([C@@H]2Nc3ccccc3C(=O)N2[C@H](C)CC)cc1OC. The highest BCUT2D eigenvalue weighted by Gasteiger charge is 2.35. The van der Waals surface area contributed by atoms with Crippen molar-refractivity contribution in [3.8, 4) is 11.5 Å². The summed E-state index contributed by atoms with van der Waals surface area (Å²) in [6.07, 6.45) is 0.491. The second kappa shape index (κ2) is 9.52. The maximum atomic E-state index is 13.2. The lowest BCUT2D eigenvalue weighted by atomic mass is 10.0. The highest BCUT2D eigenvalue weighted by molar-refractivity contribution is 6.01. The molecule has 0 aliphatic carbocycles. The molecule has 0 saturated carbocycles. The number of methoxy groups -OCH3 is 1. The normalized spacial score (nSPS) is 16.3. The second-order valence-electron chi connectivity index (χ2n) is 7.21. The molecule has 7 nitrogen and oxygen atoms in total. The van der Waals surface area contributed by atoms with E-state index in [2.05, 4.69) is 17.6 Å². The van der Waals surface area contributed by atoms with Crippen molar-refractivity contribution >= 4 is 17.5 Å². The molecule has 7 heteroatoms. The Balaban J connectivity index is 1.92. The summed E-state index contributed by atoms with van der Waals surface area (Å²) in [5.41, 5.74) is 2.35. The molecule has 0 radical (unpaired) electrons. The van der Waals surface area contributed by atoms with Gasteiger partial charge in [-0.1, -0.05) is 25.1 Å². The molecule has 1 heterocycles. The van der Waals surface area contributed by atoms with Gasteiger partial charge < -0.3 is 25.0 Å². The van der Waals surface area contributed by atoms with Crippen LogP contribution in [0.2, 0.25) is 0 Å². The number of carbonyl (C=O) groups excluding carboxylic acids is 2. The van der Waals surface area contributed by atoms with E-state index in [4.69, 9.17) is 9.47 Å². The van der Waals surface area contributed by atoms with Crippen molar-refractivity contribution in [1.82, 2.24) is 10.2 Å². The number of amides is 2. The molecule has 0 aromatic heterocycles. The van der Waals surface area contributed by atoms with E-state index in [0.29, 0.717) is 23.6 Å². The molecule has 3 rings (SSSR count). The summed E-state index contributed by atoms with van der Waals surface area (Å²) >= 11 is 0. The lowest BCUT2D eigenvalue weighted by Gasteiger charge is -2.41. The molecule has 0 saturated heterocycles. The third kappa shape index (κ3) is 4.35. The van der Waals surface area contributed by atoms with E-state index in [9.17, 15) is 9.59 Å². The molecular weight excluding hydrogens is 382 g/mol. The molecular formula is C23H29N3O4. The molecule has 0 unspecified atom stereocenters. The fourth-order valence-electron chi connectivity index (χ4n) is 3.53. The predicted molar refractivity (Wildman–Crippen MR) is 116 cm³/mol. The topological polar surface area (TPSA) is 79.9 Å². The van der Waals surface area contributed by atoms with Gasteiger partial charge in [0, 0.05) is 18.3 Å². The van der Waals surface area contributed by atoms with Gasteiger partial charge in [0.05, 0.1) is 12.7 Å². The van der Waals surface area contributed by atoms with Gasteiger partial charge in [-0.05, 0) is 50.1 Å². The molecule has 1 aliphatic rings. The van der Waals surface area contributed by atoms with Crippen LogP contribution in [0.1, 0.15) is 49.3 Å². The van der Waals surface area contributed by atoms with Crippen LogP contribution in [0.3, 0.4) is 0 Å². The minimum Gasteiger partial charge on any atom is -0.493 e. The fraction of sp³-hybridized carbons (Fsp3) is 0.391. The summed E-state index contributed by atoms with van der Waals surface area (Å²) in [7, 11) is 1.55. The van der Waals surface area contributed by atoms with Gasteiger partial charge in [-0.15, -0.1) is 0 Å². The number of nitrogens with zero attached hydrogens (tertiary/aromatic N) is 1. The van der Waals surface area contributed by atoms with E-state index in [1.165, 1.54) is 0 Å². The molecule has 2 atom stereocenters. The number of carbonyl (C=O) groups is 2. The van der Waals surface area contributed by atoms with Crippen LogP contribution in [0.15, 0.2) is 42.5 Å². The summed E-state index contributed by atoms with van der Waals surface area (Å²) in [6.45, 7) is 6.42. The third-order valence-electron chi connectivity index (χ3n) is 5.26. The van der Waals surface area contributed by atoms with Crippen molar-refractivity contribution in [1.29, 1.82) is 0 Å². The van der Waals surface area contributed by atoms with E-state index < -0.39 is 0 Å². The Hall–Kier alpha value is -3.22. The molecule has 0 spiro atoms. The van der Waals surface area contributed by atoms with Gasteiger partial charge >= 0.3 is 0 Å². The number of fused-ring (bicyclic) bond motifs is 1. The first-order valence-electron chi connectivity index (χ1n) is 10.3. The lowest BCUT2D eigenvalue weighted by Crippen LogP contribution is -2.47. The Morgan fingerprint density at radius 3 is 2.67 bits per heavy atom. The van der Waals surface area contributed by atoms with E-state index >= 15 is 0 Å². The zero-order chi connectivity index (χ0) is 21.7. The van der Waals surface area contributed by atoms with Crippen LogP contribution in [0.4, 0.5) is 5.69 Å². The monoisotopic (exact) mass is 411 g/mol. The zero-order valence-electron chi connectivity index (χ0n) is 17.9. The molecule has 2 aromatic rings. The second-order valence-corrected chi connectivity index (χ2v) is 7.21. The third-order valence-corrected chi connectivity index (χ3v) is 5.26. The molecule has 2 N–H and O–H groups in total. The van der Waals surface area contributed by atoms with Crippen LogP contribution in [0, 0.1) is 0 Å². The number of rotatable bonds is 8. The first-order chi connectivity index (χ1) is 14.5. The summed E-state index contributed by atoms with van der Waals surface area (Å²) in [4.78, 5) is 26.8. The molecule has 1 aliphatic heterocycles. The zero-order valence-corrected chi connectivity index (χ0v) is 17.9. The number of hydrogen-bond acceptors (Lipinski definition) is 5. The van der Waals surface area contributed by atoms with Crippen molar-refractivity contribution in [2.45, 2.75) is 39.4 Å². The average Bonchev–Trinajstić information content (AvgIpc) is 2.77. The first kappa shape index (κ1) is 21.5. The Morgan fingerprint density at radius 2 is 1.97 bits per heavy atom. The Morgan fingerprint density at radius 1 is 1.20 bits per heavy atom. The van der Waals surface area contributed by atoms with Gasteiger partial charge in [-0.2, -0.15) is 0 Å². The molecule has 2 aromatic carbocycles. The van der Waals surface area contributed by atoms with Crippen LogP contribution >= 0.6 is 0 Å². The van der Waals surface area contributed by atoms with Gasteiger partial charge in [-0.25, -0.2) is 0 Å². The molecule has 2 amide bonds. The Labute approximate surface area is 177 Å². The van der Waals surface area contributed by atoms with Gasteiger partial charge in [0.15, 0.2) is 18.1 Å². The van der Waals surface area contributed by atoms with E-state index in [1.54, 1.807) is 13.2 Å². The maximum absolute atomic E-state index is 13.2. The van der Waals surface area contributed by atoms with Crippen LogP contribution in [0.5, 0.6) is 11.5 Å². The van der Waals surface area contributed by atoms with E-state index in [1.807, 2.05) is 55.1 Å². The quantitative estimate of drug-likeness (QED) is 0.694. The number of nitrogens with one attached hydrogen (secondary N) is 2. The number of benzene rings is 2. The highest BCUT2D eigenvalue weighted by atomic mass is 16.5. The fourth-order valence-corrected chi connectivity index (χ4v) is 3.53. The number of para-hydroxylation sites is 1. The predicted octanol–water partition coefficient (Wildman–Crippen LogP) is 3.58. The molecule has 0 fully saturated rings. The smallest absolute Gasteiger partial charge is 0.258 e. The van der Waals surface area contributed by atoms with Gasteiger partial charge in [0.25, 0.3) is 11.8 Å².